The molecule has 1 heterocycles. The highest BCUT2D eigenvalue weighted by molar-refractivity contribution is 5.81. The molecule has 0 bridgehead atoms. The van der Waals surface area contributed by atoms with Crippen LogP contribution in [0.3, 0.4) is 0 Å². The van der Waals surface area contributed by atoms with Gasteiger partial charge in [-0.1, -0.05) is 37.5 Å². The van der Waals surface area contributed by atoms with E-state index in [2.05, 4.69) is 4.98 Å². The van der Waals surface area contributed by atoms with Crippen LogP contribution in [0.2, 0.25) is 0 Å². The fourth-order valence-corrected chi connectivity index (χ4v) is 3.06. The van der Waals surface area contributed by atoms with Crippen LogP contribution >= 0.6 is 0 Å². The first kappa shape index (κ1) is 12.2. The average molecular weight is 255 g/mol. The van der Waals surface area contributed by atoms with Crippen LogP contribution in [0.25, 0.3) is 10.9 Å². The van der Waals surface area contributed by atoms with Gasteiger partial charge < -0.3 is 4.98 Å². The van der Waals surface area contributed by atoms with Crippen LogP contribution in [0.5, 0.6) is 0 Å². The summed E-state index contributed by atoms with van der Waals surface area (Å²) in [7, 11) is 0. The van der Waals surface area contributed by atoms with Gasteiger partial charge in [0.15, 0.2) is 0 Å². The molecule has 1 aliphatic rings. The Morgan fingerprint density at radius 3 is 2.53 bits per heavy atom. The summed E-state index contributed by atoms with van der Waals surface area (Å²) in [6.45, 7) is 0. The minimum Gasteiger partial charge on any atom is -0.319 e. The Morgan fingerprint density at radius 1 is 1.00 bits per heavy atom. The monoisotopic (exact) mass is 255 g/mol. The molecular formula is C16H17NO2. The predicted molar refractivity (Wildman–Crippen MR) is 76.7 cm³/mol. The number of aromatic amines is 1. The van der Waals surface area contributed by atoms with Gasteiger partial charge in [-0.15, -0.1) is 0 Å². The van der Waals surface area contributed by atoms with Crippen LogP contribution in [-0.2, 0) is 0 Å². The lowest BCUT2D eigenvalue weighted by Gasteiger charge is -2.22. The second kappa shape index (κ2) is 5.00. The maximum Gasteiger partial charge on any atom is 0.296 e. The van der Waals surface area contributed by atoms with Crippen LogP contribution in [0.1, 0.15) is 43.6 Å². The first-order chi connectivity index (χ1) is 9.25. The van der Waals surface area contributed by atoms with E-state index in [-0.39, 0.29) is 0 Å². The lowest BCUT2D eigenvalue weighted by Crippen LogP contribution is -2.22. The van der Waals surface area contributed by atoms with E-state index >= 15 is 0 Å². The number of benzene rings is 1. The molecule has 0 aliphatic heterocycles. The summed E-state index contributed by atoms with van der Waals surface area (Å²) in [5, 5.41) is 1.01. The van der Waals surface area contributed by atoms with E-state index in [0.717, 1.165) is 29.3 Å². The standard InChI is InChI=1S/C16H17NO2/c18-15-10-13(11-6-2-1-3-7-11)12-8-4-5-9-14(12)17-16(15)19/h4-5,8-11H,1-3,6-7H2,(H,17,18,19). The summed E-state index contributed by atoms with van der Waals surface area (Å²) < 4.78 is 0. The van der Waals surface area contributed by atoms with E-state index in [9.17, 15) is 9.59 Å². The minimum absolute atomic E-state index is 0.409. The normalized spacial score (nSPS) is 16.6. The zero-order chi connectivity index (χ0) is 13.2. The van der Waals surface area contributed by atoms with Gasteiger partial charge in [0, 0.05) is 10.9 Å². The molecule has 0 radical (unpaired) electrons. The molecule has 2 aromatic rings. The molecule has 1 saturated carbocycles. The molecule has 1 aliphatic carbocycles. The fraction of sp³-hybridized carbons (Fsp3) is 0.375. The fourth-order valence-electron chi connectivity index (χ4n) is 3.06. The van der Waals surface area contributed by atoms with Crippen molar-refractivity contribution in [2.75, 3.05) is 0 Å². The Morgan fingerprint density at radius 2 is 1.74 bits per heavy atom. The second-order valence-electron chi connectivity index (χ2n) is 5.30. The predicted octanol–water partition coefficient (Wildman–Crippen LogP) is 2.94. The average Bonchev–Trinajstić information content (AvgIpc) is 2.58. The van der Waals surface area contributed by atoms with Crippen molar-refractivity contribution in [1.82, 2.24) is 4.98 Å². The Bertz CT molecular complexity index is 712. The maximum atomic E-state index is 11.8. The SMILES string of the molecule is O=c1cc(C2CCCCC2)c2ccccc2[nH]c1=O. The molecule has 1 aromatic heterocycles. The van der Waals surface area contributed by atoms with E-state index in [1.807, 2.05) is 24.3 Å². The first-order valence-corrected chi connectivity index (χ1v) is 6.92. The van der Waals surface area contributed by atoms with Crippen molar-refractivity contribution in [2.24, 2.45) is 0 Å². The summed E-state index contributed by atoms with van der Waals surface area (Å²) in [5.74, 6) is 0.409. The van der Waals surface area contributed by atoms with Crippen LogP contribution in [0.15, 0.2) is 39.9 Å². The summed E-state index contributed by atoms with van der Waals surface area (Å²) in [4.78, 5) is 26.2. The molecule has 0 amide bonds. The van der Waals surface area contributed by atoms with Gasteiger partial charge in [0.25, 0.3) is 5.56 Å². The topological polar surface area (TPSA) is 49.9 Å². The van der Waals surface area contributed by atoms with Crippen LogP contribution in [0, 0.1) is 0 Å². The number of aromatic nitrogens is 1. The van der Waals surface area contributed by atoms with Crippen molar-refractivity contribution in [2.45, 2.75) is 38.0 Å². The molecule has 0 unspecified atom stereocenters. The van der Waals surface area contributed by atoms with Gasteiger partial charge in [0.1, 0.15) is 0 Å². The van der Waals surface area contributed by atoms with E-state index in [1.165, 1.54) is 19.3 Å². The quantitative estimate of drug-likeness (QED) is 0.796. The van der Waals surface area contributed by atoms with Gasteiger partial charge in [-0.2, -0.15) is 0 Å². The molecule has 1 fully saturated rings. The number of hydrogen-bond acceptors (Lipinski definition) is 2. The van der Waals surface area contributed by atoms with Crippen LogP contribution in [0.4, 0.5) is 0 Å². The van der Waals surface area contributed by atoms with E-state index in [0.29, 0.717) is 5.92 Å². The van der Waals surface area contributed by atoms with Crippen molar-refractivity contribution in [3.63, 3.8) is 0 Å². The first-order valence-electron chi connectivity index (χ1n) is 6.92. The molecular weight excluding hydrogens is 238 g/mol. The number of hydrogen-bond donors (Lipinski definition) is 1. The van der Waals surface area contributed by atoms with Crippen molar-refractivity contribution >= 4 is 10.9 Å². The highest BCUT2D eigenvalue weighted by Gasteiger charge is 2.18. The molecule has 1 N–H and O–H groups in total. The van der Waals surface area contributed by atoms with Crippen LogP contribution in [-0.4, -0.2) is 4.98 Å². The summed E-state index contributed by atoms with van der Waals surface area (Å²) >= 11 is 0. The number of para-hydroxylation sites is 1. The van der Waals surface area contributed by atoms with Crippen molar-refractivity contribution in [3.8, 4) is 0 Å². The Kier molecular flexibility index (Phi) is 3.20. The zero-order valence-electron chi connectivity index (χ0n) is 10.8. The third kappa shape index (κ3) is 2.33. The number of fused-ring (bicyclic) bond motifs is 1. The molecule has 3 nitrogen and oxygen atoms in total. The van der Waals surface area contributed by atoms with Gasteiger partial charge in [-0.05, 0) is 36.5 Å². The van der Waals surface area contributed by atoms with E-state index in [1.54, 1.807) is 6.07 Å². The molecule has 3 rings (SSSR count). The van der Waals surface area contributed by atoms with Gasteiger partial charge in [0.05, 0.1) is 0 Å². The minimum atomic E-state index is -0.529. The molecule has 1 aromatic carbocycles. The highest BCUT2D eigenvalue weighted by atomic mass is 16.2. The highest BCUT2D eigenvalue weighted by Crippen LogP contribution is 2.34. The lowest BCUT2D eigenvalue weighted by atomic mass is 9.83. The molecule has 0 saturated heterocycles. The Balaban J connectivity index is 2.30. The molecule has 0 spiro atoms. The van der Waals surface area contributed by atoms with E-state index in [4.69, 9.17) is 0 Å². The third-order valence-electron chi connectivity index (χ3n) is 4.04. The van der Waals surface area contributed by atoms with Gasteiger partial charge >= 0.3 is 0 Å². The molecule has 98 valence electrons. The maximum absolute atomic E-state index is 11.8. The van der Waals surface area contributed by atoms with Crippen molar-refractivity contribution in [3.05, 3.63) is 56.5 Å². The Hall–Kier alpha value is -1.90. The smallest absolute Gasteiger partial charge is 0.296 e. The van der Waals surface area contributed by atoms with E-state index < -0.39 is 11.0 Å². The number of nitrogens with one attached hydrogen (secondary N) is 1. The summed E-state index contributed by atoms with van der Waals surface area (Å²) in [6.07, 6.45) is 5.92. The molecule has 3 heteroatoms. The second-order valence-corrected chi connectivity index (χ2v) is 5.30. The Labute approximate surface area is 111 Å². The zero-order valence-corrected chi connectivity index (χ0v) is 10.8. The summed E-state index contributed by atoms with van der Waals surface area (Å²) in [6, 6.07) is 9.25. The third-order valence-corrected chi connectivity index (χ3v) is 4.04. The lowest BCUT2D eigenvalue weighted by molar-refractivity contribution is 0.445. The number of H-pyrrole nitrogens is 1. The van der Waals surface area contributed by atoms with Gasteiger partial charge in [-0.25, -0.2) is 0 Å². The largest absolute Gasteiger partial charge is 0.319 e. The van der Waals surface area contributed by atoms with Crippen molar-refractivity contribution < 1.29 is 0 Å². The molecule has 0 atom stereocenters. The number of rotatable bonds is 1. The van der Waals surface area contributed by atoms with Crippen LogP contribution < -0.4 is 11.0 Å². The molecule has 19 heavy (non-hydrogen) atoms. The van der Waals surface area contributed by atoms with Gasteiger partial charge in [0.2, 0.25) is 5.43 Å². The van der Waals surface area contributed by atoms with Gasteiger partial charge in [-0.3, -0.25) is 9.59 Å². The van der Waals surface area contributed by atoms with Crippen molar-refractivity contribution in [1.29, 1.82) is 0 Å². The summed E-state index contributed by atoms with van der Waals surface area (Å²) in [5.41, 5.74) is 0.837.